The molecule has 0 unspecified atom stereocenters. The summed E-state index contributed by atoms with van der Waals surface area (Å²) in [5, 5.41) is 2.91. The first kappa shape index (κ1) is 20.9. The number of benzene rings is 2. The number of imidazole rings is 1. The Balaban J connectivity index is 1.31. The summed E-state index contributed by atoms with van der Waals surface area (Å²) >= 11 is 0. The largest absolute Gasteiger partial charge is 0.334 e. The van der Waals surface area contributed by atoms with Gasteiger partial charge in [0.25, 0.3) is 5.91 Å². The molecule has 0 aliphatic carbocycles. The maximum atomic E-state index is 12.7. The minimum Gasteiger partial charge on any atom is -0.334 e. The summed E-state index contributed by atoms with van der Waals surface area (Å²) in [6.07, 6.45) is 7.21. The zero-order chi connectivity index (χ0) is 22.1. The van der Waals surface area contributed by atoms with Crippen LogP contribution in [0.2, 0.25) is 0 Å². The van der Waals surface area contributed by atoms with Crippen molar-refractivity contribution < 1.29 is 13.2 Å². The lowest BCUT2D eigenvalue weighted by Gasteiger charge is -2.15. The lowest BCUT2D eigenvalue weighted by atomic mass is 10.1. The van der Waals surface area contributed by atoms with Gasteiger partial charge in [0.1, 0.15) is 5.82 Å². The Morgan fingerprint density at radius 2 is 1.69 bits per heavy atom. The van der Waals surface area contributed by atoms with E-state index in [2.05, 4.69) is 16.1 Å². The normalized spacial score (nSPS) is 16.6. The van der Waals surface area contributed by atoms with Crippen molar-refractivity contribution in [1.82, 2.24) is 13.9 Å². The fourth-order valence-electron chi connectivity index (χ4n) is 4.37. The molecule has 1 amide bonds. The van der Waals surface area contributed by atoms with E-state index in [4.69, 9.17) is 4.98 Å². The second-order valence-corrected chi connectivity index (χ2v) is 10.3. The lowest BCUT2D eigenvalue weighted by molar-refractivity contribution is 0.102. The van der Waals surface area contributed by atoms with Crippen LogP contribution in [-0.2, 0) is 23.0 Å². The van der Waals surface area contributed by atoms with Crippen LogP contribution < -0.4 is 5.32 Å². The highest BCUT2D eigenvalue weighted by molar-refractivity contribution is 7.89. The number of aromatic nitrogens is 2. The standard InChI is InChI=1S/C24H26N4O3S/c29-24(18-9-11-21(12-10-18)32(30,31)28-14-3-4-15-28)25-20-7-5-6-19(16-20)22-17-27-13-2-1-8-23(27)26-22/h5-7,9-12,16-17H,1-4,8,13-15H2,(H,25,29). The molecule has 3 aromatic rings. The van der Waals surface area contributed by atoms with E-state index in [0.717, 1.165) is 42.9 Å². The second kappa shape index (κ2) is 8.52. The molecule has 1 saturated heterocycles. The molecule has 8 heteroatoms. The Labute approximate surface area is 188 Å². The zero-order valence-electron chi connectivity index (χ0n) is 17.8. The number of hydrogen-bond donors (Lipinski definition) is 1. The maximum absolute atomic E-state index is 12.7. The average Bonchev–Trinajstić information content (AvgIpc) is 3.50. The number of aryl methyl sites for hydroxylation is 2. The van der Waals surface area contributed by atoms with Crippen molar-refractivity contribution in [2.24, 2.45) is 0 Å². The molecule has 5 rings (SSSR count). The molecule has 1 fully saturated rings. The maximum Gasteiger partial charge on any atom is 0.255 e. The summed E-state index contributed by atoms with van der Waals surface area (Å²) in [7, 11) is -3.49. The summed E-state index contributed by atoms with van der Waals surface area (Å²) in [4.78, 5) is 17.7. The van der Waals surface area contributed by atoms with E-state index in [-0.39, 0.29) is 10.8 Å². The van der Waals surface area contributed by atoms with Crippen LogP contribution in [0.1, 0.15) is 41.9 Å². The van der Waals surface area contributed by atoms with Crippen LogP contribution in [-0.4, -0.2) is 41.3 Å². The number of anilines is 1. The third-order valence-electron chi connectivity index (χ3n) is 6.14. The van der Waals surface area contributed by atoms with E-state index in [1.165, 1.54) is 29.3 Å². The van der Waals surface area contributed by atoms with Gasteiger partial charge in [0.2, 0.25) is 10.0 Å². The van der Waals surface area contributed by atoms with Crippen molar-refractivity contribution in [3.8, 4) is 11.3 Å². The molecule has 3 heterocycles. The minimum absolute atomic E-state index is 0.224. The number of fused-ring (bicyclic) bond motifs is 1. The topological polar surface area (TPSA) is 84.3 Å². The molecule has 1 aromatic heterocycles. The Kier molecular flexibility index (Phi) is 5.57. The third-order valence-corrected chi connectivity index (χ3v) is 8.06. The van der Waals surface area contributed by atoms with Crippen molar-refractivity contribution in [2.45, 2.75) is 43.5 Å². The van der Waals surface area contributed by atoms with E-state index in [1.807, 2.05) is 24.3 Å². The van der Waals surface area contributed by atoms with Crippen molar-refractivity contribution in [3.05, 3.63) is 66.1 Å². The first-order valence-corrected chi connectivity index (χ1v) is 12.5. The Morgan fingerprint density at radius 3 is 2.44 bits per heavy atom. The minimum atomic E-state index is -3.49. The van der Waals surface area contributed by atoms with Gasteiger partial charge in [-0.3, -0.25) is 4.79 Å². The molecule has 1 N–H and O–H groups in total. The fourth-order valence-corrected chi connectivity index (χ4v) is 5.88. The highest BCUT2D eigenvalue weighted by Crippen LogP contribution is 2.25. The Morgan fingerprint density at radius 1 is 0.938 bits per heavy atom. The van der Waals surface area contributed by atoms with Crippen molar-refractivity contribution in [2.75, 3.05) is 18.4 Å². The highest BCUT2D eigenvalue weighted by atomic mass is 32.2. The summed E-state index contributed by atoms with van der Waals surface area (Å²) < 4.78 is 29.1. The quantitative estimate of drug-likeness (QED) is 0.639. The van der Waals surface area contributed by atoms with Crippen LogP contribution in [0.15, 0.2) is 59.6 Å². The van der Waals surface area contributed by atoms with Gasteiger partial charge < -0.3 is 9.88 Å². The van der Waals surface area contributed by atoms with Gasteiger partial charge in [-0.2, -0.15) is 4.31 Å². The number of carbonyl (C=O) groups is 1. The van der Waals surface area contributed by atoms with Gasteiger partial charge >= 0.3 is 0 Å². The summed E-state index contributed by atoms with van der Waals surface area (Å²) in [5.74, 6) is 0.834. The molecule has 32 heavy (non-hydrogen) atoms. The molecular weight excluding hydrogens is 424 g/mol. The number of nitrogens with zero attached hydrogens (tertiary/aromatic N) is 3. The summed E-state index contributed by atoms with van der Waals surface area (Å²) in [5.41, 5.74) is 2.95. The molecule has 0 bridgehead atoms. The lowest BCUT2D eigenvalue weighted by Crippen LogP contribution is -2.27. The first-order chi connectivity index (χ1) is 15.5. The van der Waals surface area contributed by atoms with Gasteiger partial charge in [-0.05, 0) is 62.1 Å². The van der Waals surface area contributed by atoms with Crippen molar-refractivity contribution in [3.63, 3.8) is 0 Å². The molecular formula is C24H26N4O3S. The molecule has 2 aliphatic rings. The van der Waals surface area contributed by atoms with E-state index < -0.39 is 10.0 Å². The molecule has 0 atom stereocenters. The number of amides is 1. The molecule has 166 valence electrons. The van der Waals surface area contributed by atoms with Crippen molar-refractivity contribution >= 4 is 21.6 Å². The number of sulfonamides is 1. The van der Waals surface area contributed by atoms with Crippen LogP contribution in [0, 0.1) is 0 Å². The third kappa shape index (κ3) is 4.08. The Hall–Kier alpha value is -2.97. The highest BCUT2D eigenvalue weighted by Gasteiger charge is 2.27. The summed E-state index contributed by atoms with van der Waals surface area (Å²) in [6, 6.07) is 13.8. The van der Waals surface area contributed by atoms with E-state index in [1.54, 1.807) is 12.1 Å². The number of nitrogens with one attached hydrogen (secondary N) is 1. The molecule has 0 radical (unpaired) electrons. The van der Waals surface area contributed by atoms with Gasteiger partial charge in [-0.25, -0.2) is 13.4 Å². The number of rotatable bonds is 5. The molecule has 2 aromatic carbocycles. The van der Waals surface area contributed by atoms with Gasteiger partial charge in [-0.15, -0.1) is 0 Å². The molecule has 0 spiro atoms. The van der Waals surface area contributed by atoms with Crippen LogP contribution in [0.3, 0.4) is 0 Å². The van der Waals surface area contributed by atoms with E-state index >= 15 is 0 Å². The first-order valence-electron chi connectivity index (χ1n) is 11.1. The predicted molar refractivity (Wildman–Crippen MR) is 123 cm³/mol. The van der Waals surface area contributed by atoms with Gasteiger partial charge in [0, 0.05) is 49.1 Å². The average molecular weight is 451 g/mol. The van der Waals surface area contributed by atoms with E-state index in [0.29, 0.717) is 24.3 Å². The zero-order valence-corrected chi connectivity index (χ0v) is 18.6. The second-order valence-electron chi connectivity index (χ2n) is 8.36. The number of hydrogen-bond acceptors (Lipinski definition) is 4. The van der Waals surface area contributed by atoms with Crippen molar-refractivity contribution in [1.29, 1.82) is 0 Å². The monoisotopic (exact) mass is 450 g/mol. The smallest absolute Gasteiger partial charge is 0.255 e. The Bertz CT molecular complexity index is 1220. The summed E-state index contributed by atoms with van der Waals surface area (Å²) in [6.45, 7) is 2.11. The SMILES string of the molecule is O=C(Nc1cccc(-c2cn3c(n2)CCCC3)c1)c1ccc(S(=O)(=O)N2CCCC2)cc1. The van der Waals surface area contributed by atoms with E-state index in [9.17, 15) is 13.2 Å². The van der Waals surface area contributed by atoms with Crippen LogP contribution in [0.25, 0.3) is 11.3 Å². The van der Waals surface area contributed by atoms with Crippen LogP contribution in [0.5, 0.6) is 0 Å². The van der Waals surface area contributed by atoms with Gasteiger partial charge in [-0.1, -0.05) is 12.1 Å². The molecule has 0 saturated carbocycles. The van der Waals surface area contributed by atoms with Gasteiger partial charge in [0.15, 0.2) is 0 Å². The predicted octanol–water partition coefficient (Wildman–Crippen LogP) is 3.92. The molecule has 2 aliphatic heterocycles. The fraction of sp³-hybridized carbons (Fsp3) is 0.333. The number of carbonyl (C=O) groups excluding carboxylic acids is 1. The van der Waals surface area contributed by atoms with Crippen LogP contribution >= 0.6 is 0 Å². The van der Waals surface area contributed by atoms with Crippen LogP contribution in [0.4, 0.5) is 5.69 Å². The molecule has 7 nitrogen and oxygen atoms in total. The van der Waals surface area contributed by atoms with Gasteiger partial charge in [0.05, 0.1) is 10.6 Å².